The third-order valence-electron chi connectivity index (χ3n) is 3.54. The van der Waals surface area contributed by atoms with Gasteiger partial charge in [-0.15, -0.1) is 11.8 Å². The largest absolute Gasteiger partial charge is 0.494 e. The third-order valence-corrected chi connectivity index (χ3v) is 4.86. The van der Waals surface area contributed by atoms with Crippen molar-refractivity contribution >= 4 is 17.7 Å². The molecule has 1 aromatic carbocycles. The predicted molar refractivity (Wildman–Crippen MR) is 84.9 cm³/mol. The van der Waals surface area contributed by atoms with Crippen LogP contribution < -0.4 is 4.74 Å². The average Bonchev–Trinajstić information content (AvgIpc) is 3.08. The Balaban J connectivity index is 1.85. The van der Waals surface area contributed by atoms with E-state index in [1.165, 1.54) is 0 Å². The van der Waals surface area contributed by atoms with Crippen LogP contribution in [0.25, 0.3) is 5.69 Å². The van der Waals surface area contributed by atoms with Crippen LogP contribution in [0.3, 0.4) is 0 Å². The Hall–Kier alpha value is -1.88. The van der Waals surface area contributed by atoms with Crippen LogP contribution in [0.15, 0.2) is 42.7 Å². The number of carbonyl (C=O) groups excluding carboxylic acids is 1. The highest BCUT2D eigenvalue weighted by molar-refractivity contribution is 8.00. The van der Waals surface area contributed by atoms with Crippen LogP contribution in [-0.4, -0.2) is 34.8 Å². The van der Waals surface area contributed by atoms with Crippen LogP contribution in [0, 0.1) is 0 Å². The molecule has 0 N–H and O–H groups in total. The quantitative estimate of drug-likeness (QED) is 0.870. The number of thioether (sulfide) groups is 1. The van der Waals surface area contributed by atoms with Crippen molar-refractivity contribution in [2.45, 2.75) is 12.3 Å². The molecular weight excluding hydrogens is 284 g/mol. The number of ether oxygens (including phenoxy) is 1. The fraction of sp³-hybridized carbons (Fsp3) is 0.312. The second kappa shape index (κ2) is 5.85. The molecule has 21 heavy (non-hydrogen) atoms. The van der Waals surface area contributed by atoms with Gasteiger partial charge in [0.25, 0.3) is 0 Å². The van der Waals surface area contributed by atoms with E-state index in [2.05, 4.69) is 16.8 Å². The minimum atomic E-state index is 0.119. The van der Waals surface area contributed by atoms with Gasteiger partial charge in [0, 0.05) is 36.8 Å². The lowest BCUT2D eigenvalue weighted by molar-refractivity contribution is -0.126. The van der Waals surface area contributed by atoms with Crippen molar-refractivity contribution in [2.24, 2.45) is 0 Å². The van der Waals surface area contributed by atoms with E-state index in [4.69, 9.17) is 4.74 Å². The zero-order valence-electron chi connectivity index (χ0n) is 12.2. The van der Waals surface area contributed by atoms with Crippen molar-refractivity contribution < 1.29 is 9.53 Å². The molecule has 0 unspecified atom stereocenters. The maximum absolute atomic E-state index is 11.6. The van der Waals surface area contributed by atoms with Gasteiger partial charge in [-0.1, -0.05) is 6.07 Å². The number of rotatable bonds is 4. The van der Waals surface area contributed by atoms with Crippen molar-refractivity contribution in [3.8, 4) is 11.4 Å². The van der Waals surface area contributed by atoms with Crippen molar-refractivity contribution in [2.75, 3.05) is 19.4 Å². The molecule has 1 atom stereocenters. The summed E-state index contributed by atoms with van der Waals surface area (Å²) in [6.07, 6.45) is 4.11. The normalized spacial score (nSPS) is 18.3. The van der Waals surface area contributed by atoms with E-state index in [-0.39, 0.29) is 11.3 Å². The lowest BCUT2D eigenvalue weighted by atomic mass is 10.3. The Bertz CT molecular complexity index is 653. The summed E-state index contributed by atoms with van der Waals surface area (Å²) in [7, 11) is 1.86. The smallest absolute Gasteiger partial charge is 0.233 e. The average molecular weight is 302 g/mol. The Labute approximate surface area is 128 Å². The first-order valence-electron chi connectivity index (χ1n) is 6.97. The second-order valence-electron chi connectivity index (χ2n) is 4.95. The molecule has 1 fully saturated rings. The summed E-state index contributed by atoms with van der Waals surface area (Å²) < 4.78 is 7.60. The predicted octanol–water partition coefficient (Wildman–Crippen LogP) is 3.08. The van der Waals surface area contributed by atoms with Gasteiger partial charge in [0.15, 0.2) is 0 Å². The minimum Gasteiger partial charge on any atom is -0.494 e. The number of hydrogen-bond donors (Lipinski definition) is 0. The molecule has 1 saturated heterocycles. The van der Waals surface area contributed by atoms with Crippen LogP contribution in [-0.2, 0) is 4.79 Å². The molecule has 2 aromatic rings. The van der Waals surface area contributed by atoms with E-state index >= 15 is 0 Å². The summed E-state index contributed by atoms with van der Waals surface area (Å²) in [6.45, 7) is 2.64. The molecule has 3 rings (SSSR count). The van der Waals surface area contributed by atoms with Gasteiger partial charge in [-0.05, 0) is 25.1 Å². The first-order chi connectivity index (χ1) is 10.2. The van der Waals surface area contributed by atoms with Crippen LogP contribution in [0.2, 0.25) is 0 Å². The standard InChI is InChI=1S/C16H18N2O2S/c1-3-20-14-6-4-5-13(9-14)18-8-7-12(10-18)16-17(2)15(19)11-21-16/h4-10,16H,3,11H2,1-2H3/t16-/m0/s1. The number of carbonyl (C=O) groups is 1. The molecule has 0 aliphatic carbocycles. The van der Waals surface area contributed by atoms with Gasteiger partial charge >= 0.3 is 0 Å². The number of amides is 1. The molecule has 0 bridgehead atoms. The summed E-state index contributed by atoms with van der Waals surface area (Å²) in [5.74, 6) is 1.62. The van der Waals surface area contributed by atoms with Gasteiger partial charge in [0.1, 0.15) is 11.1 Å². The van der Waals surface area contributed by atoms with E-state index in [0.717, 1.165) is 17.0 Å². The first kappa shape index (κ1) is 14.1. The van der Waals surface area contributed by atoms with Gasteiger partial charge < -0.3 is 14.2 Å². The molecule has 4 nitrogen and oxygen atoms in total. The van der Waals surface area contributed by atoms with Gasteiger partial charge in [0.2, 0.25) is 5.91 Å². The summed E-state index contributed by atoms with van der Waals surface area (Å²) in [4.78, 5) is 13.4. The molecule has 1 aliphatic heterocycles. The van der Waals surface area contributed by atoms with E-state index in [1.807, 2.05) is 44.4 Å². The Morgan fingerprint density at radius 1 is 1.38 bits per heavy atom. The minimum absolute atomic E-state index is 0.119. The number of benzene rings is 1. The Morgan fingerprint density at radius 3 is 2.95 bits per heavy atom. The molecule has 0 spiro atoms. The van der Waals surface area contributed by atoms with Crippen molar-refractivity contribution in [3.05, 3.63) is 48.3 Å². The van der Waals surface area contributed by atoms with Gasteiger partial charge in [0.05, 0.1) is 12.4 Å². The lowest BCUT2D eigenvalue weighted by Gasteiger charge is -2.17. The zero-order chi connectivity index (χ0) is 14.8. The number of nitrogens with zero attached hydrogens (tertiary/aromatic N) is 2. The van der Waals surface area contributed by atoms with Crippen molar-refractivity contribution in [1.29, 1.82) is 0 Å². The van der Waals surface area contributed by atoms with Gasteiger partial charge in [-0.3, -0.25) is 4.79 Å². The maximum atomic E-state index is 11.6. The van der Waals surface area contributed by atoms with E-state index in [1.54, 1.807) is 16.7 Å². The molecule has 0 radical (unpaired) electrons. The molecule has 2 heterocycles. The summed E-state index contributed by atoms with van der Waals surface area (Å²) in [5.41, 5.74) is 2.21. The molecule has 1 aromatic heterocycles. The topological polar surface area (TPSA) is 34.5 Å². The third kappa shape index (κ3) is 2.78. The van der Waals surface area contributed by atoms with Crippen LogP contribution in [0.5, 0.6) is 5.75 Å². The van der Waals surface area contributed by atoms with Crippen LogP contribution >= 0.6 is 11.8 Å². The fourth-order valence-electron chi connectivity index (χ4n) is 2.43. The second-order valence-corrected chi connectivity index (χ2v) is 6.02. The zero-order valence-corrected chi connectivity index (χ0v) is 13.0. The molecule has 0 saturated carbocycles. The van der Waals surface area contributed by atoms with Gasteiger partial charge in [-0.25, -0.2) is 0 Å². The molecule has 1 aliphatic rings. The molecular formula is C16H18N2O2S. The highest BCUT2D eigenvalue weighted by Crippen LogP contribution is 2.37. The SMILES string of the molecule is CCOc1cccc(-n2ccc([C@@H]3SCC(=O)N3C)c2)c1. The maximum Gasteiger partial charge on any atom is 0.233 e. The van der Waals surface area contributed by atoms with Crippen LogP contribution in [0.4, 0.5) is 0 Å². The number of hydrogen-bond acceptors (Lipinski definition) is 3. The van der Waals surface area contributed by atoms with E-state index < -0.39 is 0 Å². The van der Waals surface area contributed by atoms with E-state index in [0.29, 0.717) is 12.4 Å². The monoisotopic (exact) mass is 302 g/mol. The van der Waals surface area contributed by atoms with E-state index in [9.17, 15) is 4.79 Å². The number of aromatic nitrogens is 1. The summed E-state index contributed by atoms with van der Waals surface area (Å²) in [5, 5.41) is 0.119. The van der Waals surface area contributed by atoms with Crippen molar-refractivity contribution in [1.82, 2.24) is 9.47 Å². The highest BCUT2D eigenvalue weighted by Gasteiger charge is 2.30. The Morgan fingerprint density at radius 2 is 2.24 bits per heavy atom. The molecule has 1 amide bonds. The summed E-state index contributed by atoms with van der Waals surface area (Å²) >= 11 is 1.67. The first-order valence-corrected chi connectivity index (χ1v) is 8.02. The lowest BCUT2D eigenvalue weighted by Crippen LogP contribution is -2.22. The fourth-order valence-corrected chi connectivity index (χ4v) is 3.61. The van der Waals surface area contributed by atoms with Crippen molar-refractivity contribution in [3.63, 3.8) is 0 Å². The molecule has 5 heteroatoms. The van der Waals surface area contributed by atoms with Gasteiger partial charge in [-0.2, -0.15) is 0 Å². The highest BCUT2D eigenvalue weighted by atomic mass is 32.2. The van der Waals surface area contributed by atoms with Crippen LogP contribution in [0.1, 0.15) is 17.9 Å². The summed E-state index contributed by atoms with van der Waals surface area (Å²) in [6, 6.07) is 10.1. The Kier molecular flexibility index (Phi) is 3.92. The molecule has 110 valence electrons.